The van der Waals surface area contributed by atoms with E-state index in [0.29, 0.717) is 5.75 Å². The van der Waals surface area contributed by atoms with E-state index in [9.17, 15) is 5.11 Å². The molecular weight excluding hydrogens is 210 g/mol. The normalized spacial score (nSPS) is 10.6. The first-order chi connectivity index (χ1) is 8.24. The third kappa shape index (κ3) is 5.62. The molecule has 0 aliphatic carbocycles. The fourth-order valence-electron chi connectivity index (χ4n) is 2.08. The van der Waals surface area contributed by atoms with Crippen molar-refractivity contribution >= 4 is 5.69 Å². The van der Waals surface area contributed by atoms with Crippen molar-refractivity contribution < 1.29 is 5.11 Å². The van der Waals surface area contributed by atoms with Crippen molar-refractivity contribution in [3.8, 4) is 5.75 Å². The number of aromatic hydroxyl groups is 1. The molecule has 0 aliphatic heterocycles. The molecule has 0 bridgehead atoms. The Kier molecular flexibility index (Phi) is 6.53. The van der Waals surface area contributed by atoms with Crippen molar-refractivity contribution in [1.29, 1.82) is 0 Å². The maximum Gasteiger partial charge on any atom is 0.118 e. The number of nitrogen functional groups attached to an aromatic ring is 1. The van der Waals surface area contributed by atoms with E-state index < -0.39 is 0 Å². The van der Waals surface area contributed by atoms with Crippen LogP contribution in [0.4, 0.5) is 5.69 Å². The van der Waals surface area contributed by atoms with Crippen LogP contribution in [-0.2, 0) is 6.42 Å². The molecule has 2 nitrogen and oxygen atoms in total. The molecule has 0 atom stereocenters. The van der Waals surface area contributed by atoms with Gasteiger partial charge in [0.05, 0.1) is 0 Å². The Morgan fingerprint density at radius 2 is 1.65 bits per heavy atom. The number of hydrogen-bond donors (Lipinski definition) is 2. The second kappa shape index (κ2) is 7.99. The molecule has 2 heteroatoms. The van der Waals surface area contributed by atoms with E-state index >= 15 is 0 Å². The van der Waals surface area contributed by atoms with E-state index in [4.69, 9.17) is 5.73 Å². The second-order valence-electron chi connectivity index (χ2n) is 4.76. The highest BCUT2D eigenvalue weighted by atomic mass is 16.3. The fourth-order valence-corrected chi connectivity index (χ4v) is 2.08. The first-order valence-electron chi connectivity index (χ1n) is 6.81. The number of phenolic OH excluding ortho intramolecular Hbond substituents is 1. The van der Waals surface area contributed by atoms with Gasteiger partial charge in [-0.15, -0.1) is 0 Å². The van der Waals surface area contributed by atoms with Gasteiger partial charge in [0.15, 0.2) is 0 Å². The van der Waals surface area contributed by atoms with Gasteiger partial charge in [-0.05, 0) is 36.6 Å². The van der Waals surface area contributed by atoms with Crippen LogP contribution in [0.2, 0.25) is 0 Å². The van der Waals surface area contributed by atoms with Crippen molar-refractivity contribution in [2.75, 3.05) is 5.73 Å². The number of phenols is 1. The molecule has 0 heterocycles. The van der Waals surface area contributed by atoms with Gasteiger partial charge in [-0.3, -0.25) is 0 Å². The van der Waals surface area contributed by atoms with Crippen LogP contribution in [0.5, 0.6) is 5.75 Å². The molecule has 0 aliphatic rings. The molecule has 0 unspecified atom stereocenters. The number of anilines is 1. The molecule has 17 heavy (non-hydrogen) atoms. The zero-order valence-electron chi connectivity index (χ0n) is 10.9. The lowest BCUT2D eigenvalue weighted by atomic mass is 10.0. The van der Waals surface area contributed by atoms with Gasteiger partial charge in [-0.25, -0.2) is 0 Å². The van der Waals surface area contributed by atoms with Crippen molar-refractivity contribution in [2.24, 2.45) is 0 Å². The quantitative estimate of drug-likeness (QED) is 0.401. The molecule has 0 fully saturated rings. The number of nitrogens with two attached hydrogens (primary N) is 1. The molecule has 0 spiro atoms. The molecular formula is C15H25NO. The average Bonchev–Trinajstić information content (AvgIpc) is 2.32. The Bertz CT molecular complexity index is 323. The number of rotatable bonds is 8. The molecule has 0 amide bonds. The largest absolute Gasteiger partial charge is 0.508 e. The minimum absolute atomic E-state index is 0.380. The fraction of sp³-hybridized carbons (Fsp3) is 0.600. The van der Waals surface area contributed by atoms with E-state index in [1.807, 2.05) is 6.07 Å². The molecule has 3 N–H and O–H groups in total. The second-order valence-corrected chi connectivity index (χ2v) is 4.76. The molecule has 96 valence electrons. The van der Waals surface area contributed by atoms with Gasteiger partial charge in [0.2, 0.25) is 0 Å². The Morgan fingerprint density at radius 1 is 1.00 bits per heavy atom. The van der Waals surface area contributed by atoms with Gasteiger partial charge in [-0.1, -0.05) is 45.4 Å². The maximum atomic E-state index is 9.65. The zero-order valence-corrected chi connectivity index (χ0v) is 10.9. The third-order valence-electron chi connectivity index (χ3n) is 3.15. The van der Waals surface area contributed by atoms with Gasteiger partial charge in [-0.2, -0.15) is 0 Å². The Hall–Kier alpha value is -1.18. The summed E-state index contributed by atoms with van der Waals surface area (Å²) in [5.41, 5.74) is 7.42. The summed E-state index contributed by atoms with van der Waals surface area (Å²) in [5, 5.41) is 9.65. The minimum atomic E-state index is 0.380. The lowest BCUT2D eigenvalue weighted by Gasteiger charge is -2.05. The summed E-state index contributed by atoms with van der Waals surface area (Å²) >= 11 is 0. The van der Waals surface area contributed by atoms with Crippen LogP contribution < -0.4 is 5.73 Å². The van der Waals surface area contributed by atoms with Crippen LogP contribution in [0.15, 0.2) is 18.2 Å². The van der Waals surface area contributed by atoms with Gasteiger partial charge in [0.25, 0.3) is 0 Å². The molecule has 1 rings (SSSR count). The third-order valence-corrected chi connectivity index (χ3v) is 3.15. The highest BCUT2D eigenvalue weighted by Crippen LogP contribution is 2.22. The van der Waals surface area contributed by atoms with Crippen molar-refractivity contribution in [1.82, 2.24) is 0 Å². The SMILES string of the molecule is CCCCCCCCCc1cc(N)ccc1O. The molecule has 0 aromatic heterocycles. The number of aryl methyl sites for hydroxylation is 1. The van der Waals surface area contributed by atoms with Crippen molar-refractivity contribution in [3.05, 3.63) is 23.8 Å². The van der Waals surface area contributed by atoms with Crippen molar-refractivity contribution in [2.45, 2.75) is 58.3 Å². The van der Waals surface area contributed by atoms with Gasteiger partial charge >= 0.3 is 0 Å². The Labute approximate surface area is 105 Å². The lowest BCUT2D eigenvalue weighted by molar-refractivity contribution is 0.466. The predicted molar refractivity (Wildman–Crippen MR) is 74.2 cm³/mol. The van der Waals surface area contributed by atoms with E-state index in [-0.39, 0.29) is 0 Å². The topological polar surface area (TPSA) is 46.2 Å². The smallest absolute Gasteiger partial charge is 0.118 e. The highest BCUT2D eigenvalue weighted by molar-refractivity contribution is 5.47. The average molecular weight is 235 g/mol. The lowest BCUT2D eigenvalue weighted by Crippen LogP contribution is -1.91. The van der Waals surface area contributed by atoms with E-state index in [1.54, 1.807) is 12.1 Å². The maximum absolute atomic E-state index is 9.65. The first-order valence-corrected chi connectivity index (χ1v) is 6.81. The summed E-state index contributed by atoms with van der Waals surface area (Å²) in [6, 6.07) is 5.31. The number of unbranched alkanes of at least 4 members (excludes halogenated alkanes) is 6. The Morgan fingerprint density at radius 3 is 2.35 bits per heavy atom. The molecule has 0 saturated carbocycles. The first kappa shape index (κ1) is 13.9. The summed E-state index contributed by atoms with van der Waals surface area (Å²) in [4.78, 5) is 0. The summed E-state index contributed by atoms with van der Waals surface area (Å²) in [6.07, 6.45) is 10.00. The van der Waals surface area contributed by atoms with Crippen LogP contribution in [0.1, 0.15) is 57.4 Å². The van der Waals surface area contributed by atoms with Crippen LogP contribution in [0.25, 0.3) is 0 Å². The standard InChI is InChI=1S/C15H25NO/c1-2-3-4-5-6-7-8-9-13-12-14(16)10-11-15(13)17/h10-12,17H,2-9,16H2,1H3. The molecule has 0 saturated heterocycles. The molecule has 0 radical (unpaired) electrons. The van der Waals surface area contributed by atoms with Crippen LogP contribution >= 0.6 is 0 Å². The summed E-state index contributed by atoms with van der Waals surface area (Å²) in [5.74, 6) is 0.380. The van der Waals surface area contributed by atoms with Crippen LogP contribution in [0.3, 0.4) is 0 Å². The van der Waals surface area contributed by atoms with Gasteiger partial charge in [0.1, 0.15) is 5.75 Å². The number of hydrogen-bond acceptors (Lipinski definition) is 2. The minimum Gasteiger partial charge on any atom is -0.508 e. The monoisotopic (exact) mass is 235 g/mol. The van der Waals surface area contributed by atoms with Gasteiger partial charge < -0.3 is 10.8 Å². The summed E-state index contributed by atoms with van der Waals surface area (Å²) in [7, 11) is 0. The molecule has 1 aromatic carbocycles. The number of benzene rings is 1. The van der Waals surface area contributed by atoms with Gasteiger partial charge in [0, 0.05) is 5.69 Å². The molecule has 1 aromatic rings. The zero-order chi connectivity index (χ0) is 12.5. The van der Waals surface area contributed by atoms with Crippen LogP contribution in [-0.4, -0.2) is 5.11 Å². The summed E-state index contributed by atoms with van der Waals surface area (Å²) in [6.45, 7) is 2.24. The van der Waals surface area contributed by atoms with Crippen LogP contribution in [0, 0.1) is 0 Å². The summed E-state index contributed by atoms with van der Waals surface area (Å²) < 4.78 is 0. The van der Waals surface area contributed by atoms with E-state index in [2.05, 4.69) is 6.92 Å². The van der Waals surface area contributed by atoms with Crippen molar-refractivity contribution in [3.63, 3.8) is 0 Å². The Balaban J connectivity index is 2.15. The highest BCUT2D eigenvalue weighted by Gasteiger charge is 2.01. The van der Waals surface area contributed by atoms with E-state index in [1.165, 1.54) is 38.5 Å². The predicted octanol–water partition coefficient (Wildman–Crippen LogP) is 4.27. The van der Waals surface area contributed by atoms with E-state index in [0.717, 1.165) is 24.1 Å².